The number of aryl methyl sites for hydroxylation is 1. The van der Waals surface area contributed by atoms with Crippen LogP contribution in [0.2, 0.25) is 0 Å². The van der Waals surface area contributed by atoms with Crippen molar-refractivity contribution in [1.29, 1.82) is 0 Å². The Kier molecular flexibility index (Phi) is 7.53. The Morgan fingerprint density at radius 1 is 1.03 bits per heavy atom. The topological polar surface area (TPSA) is 76.7 Å². The molecule has 2 aliphatic rings. The lowest BCUT2D eigenvalue weighted by Gasteiger charge is -2.38. The van der Waals surface area contributed by atoms with Crippen LogP contribution in [0.1, 0.15) is 62.5 Å². The van der Waals surface area contributed by atoms with Crippen LogP contribution >= 0.6 is 0 Å². The minimum atomic E-state index is 0.00916. The van der Waals surface area contributed by atoms with Gasteiger partial charge in [-0.2, -0.15) is 0 Å². The third-order valence-electron chi connectivity index (χ3n) is 6.93. The molecule has 0 unspecified atom stereocenters. The molecule has 1 aliphatic heterocycles. The maximum Gasteiger partial charge on any atom is 0.224 e. The van der Waals surface area contributed by atoms with E-state index in [-0.39, 0.29) is 17.2 Å². The van der Waals surface area contributed by atoms with E-state index in [1.807, 2.05) is 30.3 Å². The molecule has 1 saturated carbocycles. The fourth-order valence-electron chi connectivity index (χ4n) is 4.97. The van der Waals surface area contributed by atoms with Crippen molar-refractivity contribution in [3.63, 3.8) is 0 Å². The minimum Gasteiger partial charge on any atom is -0.497 e. The highest BCUT2D eigenvalue weighted by Crippen LogP contribution is 2.39. The molecule has 0 aromatic heterocycles. The average Bonchev–Trinajstić information content (AvgIpc) is 2.86. The highest BCUT2D eigenvalue weighted by molar-refractivity contribution is 5.94. The summed E-state index contributed by atoms with van der Waals surface area (Å²) in [5, 5.41) is 6.08. The van der Waals surface area contributed by atoms with Crippen molar-refractivity contribution in [3.05, 3.63) is 53.6 Å². The molecule has 4 rings (SSSR count). The Balaban J connectivity index is 1.24. The largest absolute Gasteiger partial charge is 0.497 e. The summed E-state index contributed by atoms with van der Waals surface area (Å²) in [6, 6.07) is 14.1. The summed E-state index contributed by atoms with van der Waals surface area (Å²) in [5.41, 5.74) is 3.26. The lowest BCUT2D eigenvalue weighted by atomic mass is 9.69. The predicted octanol–water partition coefficient (Wildman–Crippen LogP) is 4.76. The maximum absolute atomic E-state index is 12.6. The van der Waals surface area contributed by atoms with Crippen molar-refractivity contribution in [2.45, 2.75) is 63.2 Å². The van der Waals surface area contributed by atoms with Gasteiger partial charge in [0.2, 0.25) is 11.8 Å². The number of ether oxygens (including phenoxy) is 2. The van der Waals surface area contributed by atoms with Crippen LogP contribution < -0.4 is 20.1 Å². The van der Waals surface area contributed by atoms with E-state index < -0.39 is 0 Å². The molecule has 0 saturated heterocycles. The Hall–Kier alpha value is -3.02. The van der Waals surface area contributed by atoms with Gasteiger partial charge in [0, 0.05) is 30.5 Å². The minimum absolute atomic E-state index is 0.00916. The summed E-state index contributed by atoms with van der Waals surface area (Å²) in [7, 11) is 1.68. The van der Waals surface area contributed by atoms with Crippen molar-refractivity contribution in [2.24, 2.45) is 0 Å². The molecule has 6 nitrogen and oxygen atoms in total. The molecule has 2 aromatic rings. The van der Waals surface area contributed by atoms with Crippen molar-refractivity contribution in [2.75, 3.05) is 25.6 Å². The second-order valence-corrected chi connectivity index (χ2v) is 9.17. The van der Waals surface area contributed by atoms with Crippen LogP contribution in [-0.2, 0) is 21.4 Å². The molecule has 1 fully saturated rings. The molecule has 6 heteroatoms. The van der Waals surface area contributed by atoms with Crippen molar-refractivity contribution < 1.29 is 19.1 Å². The number of carbonyl (C=O) groups excluding carboxylic acids is 2. The molecule has 2 aromatic carbocycles. The van der Waals surface area contributed by atoms with Crippen molar-refractivity contribution in [3.8, 4) is 11.5 Å². The second kappa shape index (κ2) is 10.7. The Morgan fingerprint density at radius 3 is 2.55 bits per heavy atom. The number of benzene rings is 2. The molecule has 1 aliphatic carbocycles. The molecular weight excluding hydrogens is 416 g/mol. The van der Waals surface area contributed by atoms with E-state index in [1.54, 1.807) is 7.11 Å². The molecule has 0 spiro atoms. The van der Waals surface area contributed by atoms with Crippen LogP contribution in [0, 0.1) is 0 Å². The fourth-order valence-corrected chi connectivity index (χ4v) is 4.97. The Labute approximate surface area is 196 Å². The Bertz CT molecular complexity index is 965. The van der Waals surface area contributed by atoms with Gasteiger partial charge in [-0.3, -0.25) is 9.59 Å². The fraction of sp³-hybridized carbons (Fsp3) is 0.481. The third kappa shape index (κ3) is 5.86. The number of carbonyl (C=O) groups is 2. The van der Waals surface area contributed by atoms with E-state index in [0.29, 0.717) is 32.4 Å². The van der Waals surface area contributed by atoms with Gasteiger partial charge in [0.1, 0.15) is 11.5 Å². The van der Waals surface area contributed by atoms with E-state index >= 15 is 0 Å². The average molecular weight is 451 g/mol. The number of hydrogen-bond acceptors (Lipinski definition) is 4. The van der Waals surface area contributed by atoms with Crippen LogP contribution in [-0.4, -0.2) is 32.1 Å². The zero-order chi connectivity index (χ0) is 23.1. The highest BCUT2D eigenvalue weighted by atomic mass is 16.5. The molecule has 2 amide bonds. The predicted molar refractivity (Wildman–Crippen MR) is 129 cm³/mol. The summed E-state index contributed by atoms with van der Waals surface area (Å²) in [4.78, 5) is 24.0. The van der Waals surface area contributed by atoms with Gasteiger partial charge in [0.15, 0.2) is 0 Å². The van der Waals surface area contributed by atoms with Gasteiger partial charge in [-0.05, 0) is 67.1 Å². The van der Waals surface area contributed by atoms with Gasteiger partial charge >= 0.3 is 0 Å². The summed E-state index contributed by atoms with van der Waals surface area (Å²) >= 11 is 0. The molecule has 2 N–H and O–H groups in total. The highest BCUT2D eigenvalue weighted by Gasteiger charge is 2.34. The first-order chi connectivity index (χ1) is 16.1. The van der Waals surface area contributed by atoms with E-state index in [9.17, 15) is 9.59 Å². The molecule has 1 heterocycles. The lowest BCUT2D eigenvalue weighted by molar-refractivity contribution is -0.121. The van der Waals surface area contributed by atoms with Crippen LogP contribution in [0.15, 0.2) is 42.5 Å². The van der Waals surface area contributed by atoms with Crippen molar-refractivity contribution in [1.82, 2.24) is 5.32 Å². The van der Waals surface area contributed by atoms with E-state index in [0.717, 1.165) is 42.0 Å². The van der Waals surface area contributed by atoms with Crippen LogP contribution in [0.5, 0.6) is 11.5 Å². The molecule has 0 atom stereocenters. The number of amides is 2. The number of rotatable bonds is 9. The number of nitrogens with one attached hydrogen (secondary N) is 2. The molecule has 0 bridgehead atoms. The molecular formula is C27H34N2O4. The monoisotopic (exact) mass is 450 g/mol. The third-order valence-corrected chi connectivity index (χ3v) is 6.93. The quantitative estimate of drug-likeness (QED) is 0.540. The summed E-state index contributed by atoms with van der Waals surface area (Å²) in [6.07, 6.45) is 8.20. The van der Waals surface area contributed by atoms with E-state index in [1.165, 1.54) is 24.8 Å². The number of methoxy groups -OCH3 is 1. The number of anilines is 1. The number of fused-ring (bicyclic) bond motifs is 1. The Morgan fingerprint density at radius 2 is 1.79 bits per heavy atom. The molecule has 176 valence electrons. The van der Waals surface area contributed by atoms with Gasteiger partial charge in [-0.1, -0.05) is 31.4 Å². The zero-order valence-electron chi connectivity index (χ0n) is 19.5. The van der Waals surface area contributed by atoms with Crippen molar-refractivity contribution >= 4 is 17.5 Å². The first kappa shape index (κ1) is 23.1. The van der Waals surface area contributed by atoms with Gasteiger partial charge < -0.3 is 20.1 Å². The maximum atomic E-state index is 12.6. The zero-order valence-corrected chi connectivity index (χ0v) is 19.5. The summed E-state index contributed by atoms with van der Waals surface area (Å²) in [6.45, 7) is 1.16. The van der Waals surface area contributed by atoms with Gasteiger partial charge in [-0.15, -0.1) is 0 Å². The van der Waals surface area contributed by atoms with Gasteiger partial charge in [0.05, 0.1) is 13.7 Å². The molecule has 0 radical (unpaired) electrons. The van der Waals surface area contributed by atoms with E-state index in [4.69, 9.17) is 9.47 Å². The summed E-state index contributed by atoms with van der Waals surface area (Å²) < 4.78 is 11.2. The lowest BCUT2D eigenvalue weighted by Crippen LogP contribution is -2.42. The number of hydrogen-bond donors (Lipinski definition) is 2. The van der Waals surface area contributed by atoms with E-state index in [2.05, 4.69) is 22.8 Å². The van der Waals surface area contributed by atoms with Crippen LogP contribution in [0.3, 0.4) is 0 Å². The van der Waals surface area contributed by atoms with Crippen LogP contribution in [0.4, 0.5) is 5.69 Å². The SMILES string of the molecule is COc1ccc(C2(CNC(=O)CCCOc3ccc4c(c3)CCC(=O)N4)CCCCC2)cc1. The first-order valence-electron chi connectivity index (χ1n) is 12.0. The second-order valence-electron chi connectivity index (χ2n) is 9.17. The molecule has 33 heavy (non-hydrogen) atoms. The van der Waals surface area contributed by atoms with Crippen LogP contribution in [0.25, 0.3) is 0 Å². The first-order valence-corrected chi connectivity index (χ1v) is 12.0. The van der Waals surface area contributed by atoms with Gasteiger partial charge in [0.25, 0.3) is 0 Å². The smallest absolute Gasteiger partial charge is 0.224 e. The normalized spacial score (nSPS) is 16.9. The standard InChI is InChI=1S/C27H34N2O4/c1-32-22-10-8-21(9-11-22)27(15-3-2-4-16-27)19-28-25(30)6-5-17-33-23-12-13-24-20(18-23)7-14-26(31)29-24/h8-13,18H,2-7,14-17,19H2,1H3,(H,28,30)(H,29,31). The summed E-state index contributed by atoms with van der Waals surface area (Å²) in [5.74, 6) is 1.78. The van der Waals surface area contributed by atoms with Gasteiger partial charge in [-0.25, -0.2) is 0 Å².